The van der Waals surface area contributed by atoms with Crippen molar-refractivity contribution in [3.8, 4) is 11.1 Å². The number of ether oxygens (including phenoxy) is 1. The van der Waals surface area contributed by atoms with E-state index in [1.54, 1.807) is 0 Å². The van der Waals surface area contributed by atoms with Crippen LogP contribution in [-0.2, 0) is 14.3 Å². The second-order valence-corrected chi connectivity index (χ2v) is 8.73. The normalized spacial score (nSPS) is 19.3. The Morgan fingerprint density at radius 3 is 2.31 bits per heavy atom. The number of carbonyl (C=O) groups excluding carboxylic acids is 2. The van der Waals surface area contributed by atoms with Gasteiger partial charge in [-0.3, -0.25) is 9.59 Å². The zero-order valence-electron chi connectivity index (χ0n) is 19.0. The summed E-state index contributed by atoms with van der Waals surface area (Å²) in [5.74, 6) is -7.89. The van der Waals surface area contributed by atoms with Crippen LogP contribution in [0.3, 0.4) is 0 Å². The van der Waals surface area contributed by atoms with E-state index >= 15 is 0 Å². The predicted molar refractivity (Wildman–Crippen MR) is 124 cm³/mol. The molecule has 2 aromatic rings. The number of piperidine rings is 1. The maximum Gasteiger partial charge on any atom is 0.407 e. The third-order valence-corrected chi connectivity index (χ3v) is 6.57. The summed E-state index contributed by atoms with van der Waals surface area (Å²) >= 11 is 0. The van der Waals surface area contributed by atoms with E-state index in [0.717, 1.165) is 27.2 Å². The van der Waals surface area contributed by atoms with Crippen molar-refractivity contribution >= 4 is 18.0 Å². The molecule has 9 heteroatoms. The number of aliphatic carboxylic acids is 1. The molecule has 1 heterocycles. The van der Waals surface area contributed by atoms with Crippen molar-refractivity contribution in [3.05, 3.63) is 72.3 Å². The highest BCUT2D eigenvalue weighted by Crippen LogP contribution is 2.44. The number of fused-ring (bicyclic) bond motifs is 3. The van der Waals surface area contributed by atoms with E-state index in [0.29, 0.717) is 0 Å². The van der Waals surface area contributed by atoms with Crippen molar-refractivity contribution in [1.29, 1.82) is 0 Å². The summed E-state index contributed by atoms with van der Waals surface area (Å²) in [4.78, 5) is 37.9. The number of likely N-dealkylation sites (tertiary alicyclic amines) is 1. The van der Waals surface area contributed by atoms with Gasteiger partial charge >= 0.3 is 12.1 Å². The standard InChI is InChI=1S/C26H26F2N2O5/c1-2-7-22(23(31)30-13-12-26(27,28)21(14-30)24(32)33)29-25(34)35-15-20-18-10-5-3-8-16(18)17-9-4-6-11-19(17)20/h2-6,8-11,20-22H,1,7,12-15H2,(H,29,34)(H,32,33). The zero-order valence-corrected chi connectivity index (χ0v) is 19.0. The third-order valence-electron chi connectivity index (χ3n) is 6.57. The molecule has 0 aromatic heterocycles. The summed E-state index contributed by atoms with van der Waals surface area (Å²) in [5.41, 5.74) is 4.22. The molecule has 2 atom stereocenters. The molecule has 2 N–H and O–H groups in total. The zero-order chi connectivity index (χ0) is 25.2. The summed E-state index contributed by atoms with van der Waals surface area (Å²) in [7, 11) is 0. The Hall–Kier alpha value is -3.75. The largest absolute Gasteiger partial charge is 0.481 e. The van der Waals surface area contributed by atoms with Gasteiger partial charge in [-0.2, -0.15) is 0 Å². The minimum absolute atomic E-state index is 0.0354. The van der Waals surface area contributed by atoms with Crippen LogP contribution in [-0.4, -0.2) is 59.6 Å². The number of amides is 2. The Morgan fingerprint density at radius 2 is 1.74 bits per heavy atom. The highest BCUT2D eigenvalue weighted by molar-refractivity contribution is 5.87. The summed E-state index contributed by atoms with van der Waals surface area (Å²) in [5, 5.41) is 11.6. The predicted octanol–water partition coefficient (Wildman–Crippen LogP) is 4.04. The number of benzene rings is 2. The van der Waals surface area contributed by atoms with E-state index < -0.39 is 48.8 Å². The average molecular weight is 484 g/mol. The number of alkyl carbamates (subject to hydrolysis) is 1. The number of nitrogens with one attached hydrogen (secondary N) is 1. The minimum atomic E-state index is -3.41. The molecule has 0 radical (unpaired) electrons. The van der Waals surface area contributed by atoms with E-state index in [2.05, 4.69) is 11.9 Å². The lowest BCUT2D eigenvalue weighted by Gasteiger charge is -2.37. The molecule has 184 valence electrons. The maximum absolute atomic E-state index is 14.0. The van der Waals surface area contributed by atoms with Crippen molar-refractivity contribution in [2.24, 2.45) is 5.92 Å². The van der Waals surface area contributed by atoms with Crippen LogP contribution in [0, 0.1) is 5.92 Å². The van der Waals surface area contributed by atoms with Gasteiger partial charge in [0.05, 0.1) is 0 Å². The molecule has 1 aliphatic carbocycles. The molecule has 2 amide bonds. The number of carbonyl (C=O) groups is 3. The van der Waals surface area contributed by atoms with Gasteiger partial charge in [0.25, 0.3) is 5.92 Å². The molecule has 1 aliphatic heterocycles. The molecule has 4 rings (SSSR count). The van der Waals surface area contributed by atoms with Gasteiger partial charge in [0.1, 0.15) is 18.6 Å². The Labute approximate surface area is 201 Å². The van der Waals surface area contributed by atoms with Crippen molar-refractivity contribution in [3.63, 3.8) is 0 Å². The van der Waals surface area contributed by atoms with Gasteiger partial charge in [-0.1, -0.05) is 54.6 Å². The van der Waals surface area contributed by atoms with Crippen molar-refractivity contribution < 1.29 is 33.0 Å². The molecule has 1 fully saturated rings. The van der Waals surface area contributed by atoms with E-state index in [1.165, 1.54) is 6.08 Å². The van der Waals surface area contributed by atoms with Crippen LogP contribution in [0.5, 0.6) is 0 Å². The SMILES string of the molecule is C=CCC(NC(=O)OCC1c2ccccc2-c2ccccc21)C(=O)N1CCC(F)(F)C(C(=O)O)C1. The number of carboxylic acid groups (broad SMARTS) is 1. The number of hydrogen-bond donors (Lipinski definition) is 2. The summed E-state index contributed by atoms with van der Waals surface area (Å²) in [6.07, 6.45) is -0.140. The molecular formula is C26H26F2N2O5. The second-order valence-electron chi connectivity index (χ2n) is 8.73. The first-order valence-electron chi connectivity index (χ1n) is 11.3. The molecule has 35 heavy (non-hydrogen) atoms. The molecule has 0 saturated carbocycles. The fourth-order valence-electron chi connectivity index (χ4n) is 4.75. The Morgan fingerprint density at radius 1 is 1.14 bits per heavy atom. The van der Waals surface area contributed by atoms with E-state index in [-0.39, 0.29) is 25.5 Å². The number of carboxylic acids is 1. The van der Waals surface area contributed by atoms with Gasteiger partial charge < -0.3 is 20.1 Å². The fraction of sp³-hybridized carbons (Fsp3) is 0.346. The van der Waals surface area contributed by atoms with Crippen LogP contribution in [0.15, 0.2) is 61.2 Å². The first-order valence-corrected chi connectivity index (χ1v) is 11.3. The fourth-order valence-corrected chi connectivity index (χ4v) is 4.75. The summed E-state index contributed by atoms with van der Waals surface area (Å²) < 4.78 is 33.4. The minimum Gasteiger partial charge on any atom is -0.481 e. The number of rotatable bonds is 7. The van der Waals surface area contributed by atoms with Crippen LogP contribution < -0.4 is 5.32 Å². The van der Waals surface area contributed by atoms with Crippen LogP contribution >= 0.6 is 0 Å². The smallest absolute Gasteiger partial charge is 0.407 e. The quantitative estimate of drug-likeness (QED) is 0.579. The number of alkyl halides is 2. The summed E-state index contributed by atoms with van der Waals surface area (Å²) in [6.45, 7) is 2.68. The van der Waals surface area contributed by atoms with Crippen molar-refractivity contribution in [2.45, 2.75) is 30.7 Å². The lowest BCUT2D eigenvalue weighted by atomic mass is 9.93. The Balaban J connectivity index is 1.41. The van der Waals surface area contributed by atoms with Gasteiger partial charge in [-0.25, -0.2) is 13.6 Å². The topological polar surface area (TPSA) is 95.9 Å². The van der Waals surface area contributed by atoms with Gasteiger partial charge in [0, 0.05) is 25.4 Å². The first-order chi connectivity index (χ1) is 16.7. The number of nitrogens with zero attached hydrogens (tertiary/aromatic N) is 1. The lowest BCUT2D eigenvalue weighted by molar-refractivity contribution is -0.169. The van der Waals surface area contributed by atoms with E-state index in [9.17, 15) is 23.2 Å². The molecule has 1 saturated heterocycles. The molecule has 2 aromatic carbocycles. The monoisotopic (exact) mass is 484 g/mol. The molecule has 2 unspecified atom stereocenters. The third kappa shape index (κ3) is 4.89. The van der Waals surface area contributed by atoms with Crippen LogP contribution in [0.25, 0.3) is 11.1 Å². The van der Waals surface area contributed by atoms with Gasteiger partial charge in [0.15, 0.2) is 0 Å². The molecule has 2 aliphatic rings. The highest BCUT2D eigenvalue weighted by atomic mass is 19.3. The first kappa shape index (κ1) is 24.4. The molecule has 0 bridgehead atoms. The Bertz CT molecular complexity index is 1110. The average Bonchev–Trinajstić information content (AvgIpc) is 3.15. The number of halogens is 2. The second kappa shape index (κ2) is 9.85. The maximum atomic E-state index is 14.0. The Kier molecular flexibility index (Phi) is 6.86. The van der Waals surface area contributed by atoms with E-state index in [4.69, 9.17) is 9.84 Å². The summed E-state index contributed by atoms with van der Waals surface area (Å²) in [6, 6.07) is 14.6. The van der Waals surface area contributed by atoms with Crippen molar-refractivity contribution in [2.75, 3.05) is 19.7 Å². The lowest BCUT2D eigenvalue weighted by Crippen LogP contribution is -2.56. The van der Waals surface area contributed by atoms with Crippen LogP contribution in [0.4, 0.5) is 13.6 Å². The van der Waals surface area contributed by atoms with Crippen LogP contribution in [0.1, 0.15) is 29.9 Å². The van der Waals surface area contributed by atoms with Gasteiger partial charge in [0.2, 0.25) is 5.91 Å². The highest BCUT2D eigenvalue weighted by Gasteiger charge is 2.50. The molecule has 0 spiro atoms. The van der Waals surface area contributed by atoms with Gasteiger partial charge in [-0.15, -0.1) is 6.58 Å². The molecular weight excluding hydrogens is 458 g/mol. The molecule has 7 nitrogen and oxygen atoms in total. The van der Waals surface area contributed by atoms with Gasteiger partial charge in [-0.05, 0) is 28.7 Å². The van der Waals surface area contributed by atoms with Crippen molar-refractivity contribution in [1.82, 2.24) is 10.2 Å². The van der Waals surface area contributed by atoms with Crippen LogP contribution in [0.2, 0.25) is 0 Å². The number of hydrogen-bond acceptors (Lipinski definition) is 4. The van der Waals surface area contributed by atoms with E-state index in [1.807, 2.05) is 48.5 Å².